The van der Waals surface area contributed by atoms with Crippen molar-refractivity contribution in [2.75, 3.05) is 24.9 Å². The molecule has 4 aromatic carbocycles. The van der Waals surface area contributed by atoms with Crippen molar-refractivity contribution in [3.8, 4) is 22.9 Å². The van der Waals surface area contributed by atoms with Crippen LogP contribution in [-0.4, -0.2) is 29.2 Å². The maximum atomic E-state index is 5.57. The van der Waals surface area contributed by atoms with Gasteiger partial charge in [-0.15, -0.1) is 0 Å². The second kappa shape index (κ2) is 10.1. The summed E-state index contributed by atoms with van der Waals surface area (Å²) in [7, 11) is 3.30. The molecule has 2 N–H and O–H groups in total. The number of aromatic nitrogens is 3. The lowest BCUT2D eigenvalue weighted by Gasteiger charge is -2.16. The molecule has 0 atom stereocenters. The van der Waals surface area contributed by atoms with Gasteiger partial charge in [0.1, 0.15) is 23.1 Å². The van der Waals surface area contributed by atoms with Crippen LogP contribution in [-0.2, 0) is 0 Å². The Morgan fingerprint density at radius 3 is 1.84 bits per heavy atom. The van der Waals surface area contributed by atoms with E-state index in [1.807, 2.05) is 97.1 Å². The van der Waals surface area contributed by atoms with Crippen molar-refractivity contribution in [2.24, 2.45) is 0 Å². The molecule has 0 saturated heterocycles. The first-order valence-electron chi connectivity index (χ1n) is 12.2. The number of ether oxygens (including phenoxy) is 2. The zero-order valence-electron chi connectivity index (χ0n) is 21.0. The highest BCUT2D eigenvalue weighted by atomic mass is 16.5. The molecule has 186 valence electrons. The molecular formula is C31H25N5O2. The predicted octanol–water partition coefficient (Wildman–Crippen LogP) is 7.35. The molecule has 0 aliphatic heterocycles. The Balaban J connectivity index is 1.55. The molecule has 0 radical (unpaired) electrons. The minimum absolute atomic E-state index is 0.539. The largest absolute Gasteiger partial charge is 0.495 e. The Labute approximate surface area is 220 Å². The normalized spacial score (nSPS) is 10.9. The third kappa shape index (κ3) is 4.41. The van der Waals surface area contributed by atoms with Crippen molar-refractivity contribution in [3.05, 3.63) is 103 Å². The van der Waals surface area contributed by atoms with Gasteiger partial charge < -0.3 is 20.1 Å². The highest BCUT2D eigenvalue weighted by Crippen LogP contribution is 2.36. The van der Waals surface area contributed by atoms with Gasteiger partial charge in [-0.1, -0.05) is 54.6 Å². The fourth-order valence-electron chi connectivity index (χ4n) is 4.42. The van der Waals surface area contributed by atoms with Gasteiger partial charge in [0.05, 0.1) is 42.2 Å². The van der Waals surface area contributed by atoms with Crippen molar-refractivity contribution >= 4 is 44.8 Å². The van der Waals surface area contributed by atoms with Crippen molar-refractivity contribution < 1.29 is 9.47 Å². The van der Waals surface area contributed by atoms with Crippen LogP contribution in [0.4, 0.5) is 23.0 Å². The standard InChI is InChI=1S/C31H25N5O2/c1-37-27-17-9-7-15-25(27)34-29-21-12-4-6-14-24(21)33-31(36-29)22-19-20-11-3-5-13-23(20)32-30(22)35-26-16-8-10-18-28(26)38-2/h3-19H,1-2H3,(H,32,35)(H,33,34,36). The Morgan fingerprint density at radius 1 is 0.553 bits per heavy atom. The number of pyridine rings is 1. The van der Waals surface area contributed by atoms with Crippen LogP contribution in [0.25, 0.3) is 33.2 Å². The number of fused-ring (bicyclic) bond motifs is 2. The monoisotopic (exact) mass is 499 g/mol. The Morgan fingerprint density at radius 2 is 1.13 bits per heavy atom. The molecule has 6 rings (SSSR count). The summed E-state index contributed by atoms with van der Waals surface area (Å²) in [5, 5.41) is 8.81. The fourth-order valence-corrected chi connectivity index (χ4v) is 4.42. The number of hydrogen-bond acceptors (Lipinski definition) is 7. The zero-order chi connectivity index (χ0) is 25.9. The fraction of sp³-hybridized carbons (Fsp3) is 0.0645. The van der Waals surface area contributed by atoms with Crippen LogP contribution in [0.5, 0.6) is 11.5 Å². The van der Waals surface area contributed by atoms with Crippen LogP contribution < -0.4 is 20.1 Å². The summed E-state index contributed by atoms with van der Waals surface area (Å²) in [4.78, 5) is 14.9. The SMILES string of the molecule is COc1ccccc1Nc1nc2ccccc2cc1-c1nc(Nc2ccccc2OC)c2ccccc2n1. The van der Waals surface area contributed by atoms with Gasteiger partial charge in [0.2, 0.25) is 0 Å². The van der Waals surface area contributed by atoms with Gasteiger partial charge in [0.15, 0.2) is 5.82 Å². The van der Waals surface area contributed by atoms with Crippen molar-refractivity contribution in [3.63, 3.8) is 0 Å². The van der Waals surface area contributed by atoms with Crippen LogP contribution in [0.15, 0.2) is 103 Å². The molecule has 7 nitrogen and oxygen atoms in total. The molecule has 0 aliphatic carbocycles. The summed E-state index contributed by atoms with van der Waals surface area (Å²) < 4.78 is 11.1. The van der Waals surface area contributed by atoms with Crippen molar-refractivity contribution in [2.45, 2.75) is 0 Å². The molecule has 6 aromatic rings. The van der Waals surface area contributed by atoms with Crippen LogP contribution in [0, 0.1) is 0 Å². The summed E-state index contributed by atoms with van der Waals surface area (Å²) in [5.41, 5.74) is 4.05. The molecule has 0 unspecified atom stereocenters. The molecular weight excluding hydrogens is 474 g/mol. The number of hydrogen-bond donors (Lipinski definition) is 2. The molecule has 2 aromatic heterocycles. The van der Waals surface area contributed by atoms with Crippen LogP contribution in [0.1, 0.15) is 0 Å². The number of anilines is 4. The first-order valence-corrected chi connectivity index (χ1v) is 12.2. The van der Waals surface area contributed by atoms with Gasteiger partial charge in [-0.25, -0.2) is 15.0 Å². The minimum Gasteiger partial charge on any atom is -0.495 e. The highest BCUT2D eigenvalue weighted by Gasteiger charge is 2.17. The van der Waals surface area contributed by atoms with Crippen molar-refractivity contribution in [1.82, 2.24) is 15.0 Å². The van der Waals surface area contributed by atoms with E-state index in [2.05, 4.69) is 16.7 Å². The molecule has 7 heteroatoms. The number of methoxy groups -OCH3 is 2. The van der Waals surface area contributed by atoms with Crippen LogP contribution in [0.3, 0.4) is 0 Å². The molecule has 0 amide bonds. The maximum Gasteiger partial charge on any atom is 0.165 e. The smallest absolute Gasteiger partial charge is 0.165 e. The number of benzene rings is 4. The average molecular weight is 500 g/mol. The molecule has 0 fully saturated rings. The lowest BCUT2D eigenvalue weighted by atomic mass is 10.1. The average Bonchev–Trinajstić information content (AvgIpc) is 2.97. The van der Waals surface area contributed by atoms with E-state index in [1.54, 1.807) is 14.2 Å². The summed E-state index contributed by atoms with van der Waals surface area (Å²) in [6.07, 6.45) is 0. The van der Waals surface area contributed by atoms with E-state index in [0.717, 1.165) is 44.5 Å². The Kier molecular flexibility index (Phi) is 6.16. The third-order valence-electron chi connectivity index (χ3n) is 6.29. The predicted molar refractivity (Wildman–Crippen MR) is 153 cm³/mol. The van der Waals surface area contributed by atoms with E-state index < -0.39 is 0 Å². The van der Waals surface area contributed by atoms with Gasteiger partial charge >= 0.3 is 0 Å². The summed E-state index contributed by atoms with van der Waals surface area (Å²) >= 11 is 0. The van der Waals surface area contributed by atoms with Gasteiger partial charge in [-0.2, -0.15) is 0 Å². The van der Waals surface area contributed by atoms with E-state index in [-0.39, 0.29) is 0 Å². The Hall–Kier alpha value is -5.17. The summed E-state index contributed by atoms with van der Waals surface area (Å²) in [5.74, 6) is 3.28. The summed E-state index contributed by atoms with van der Waals surface area (Å²) in [6, 6.07) is 33.5. The van der Waals surface area contributed by atoms with Gasteiger partial charge in [0, 0.05) is 10.8 Å². The Bertz CT molecular complexity index is 1770. The first-order chi connectivity index (χ1) is 18.7. The van der Waals surface area contributed by atoms with Crippen LogP contribution in [0.2, 0.25) is 0 Å². The quantitative estimate of drug-likeness (QED) is 0.238. The molecule has 2 heterocycles. The van der Waals surface area contributed by atoms with E-state index in [0.29, 0.717) is 23.2 Å². The number of rotatable bonds is 7. The molecule has 0 spiro atoms. The number of para-hydroxylation sites is 6. The second-order valence-electron chi connectivity index (χ2n) is 8.64. The number of nitrogens with one attached hydrogen (secondary N) is 2. The lowest BCUT2D eigenvalue weighted by Crippen LogP contribution is -2.04. The molecule has 38 heavy (non-hydrogen) atoms. The van der Waals surface area contributed by atoms with Crippen LogP contribution >= 0.6 is 0 Å². The number of nitrogens with zero attached hydrogens (tertiary/aromatic N) is 3. The van der Waals surface area contributed by atoms with Gasteiger partial charge in [0.25, 0.3) is 0 Å². The van der Waals surface area contributed by atoms with Gasteiger partial charge in [-0.3, -0.25) is 0 Å². The van der Waals surface area contributed by atoms with E-state index >= 15 is 0 Å². The van der Waals surface area contributed by atoms with Gasteiger partial charge in [-0.05, 0) is 48.5 Å². The maximum absolute atomic E-state index is 5.57. The second-order valence-corrected chi connectivity index (χ2v) is 8.64. The molecule has 0 saturated carbocycles. The third-order valence-corrected chi connectivity index (χ3v) is 6.29. The van der Waals surface area contributed by atoms with E-state index in [1.165, 1.54) is 0 Å². The highest BCUT2D eigenvalue weighted by molar-refractivity contribution is 5.95. The first kappa shape index (κ1) is 23.2. The molecule has 0 aliphatic rings. The molecule has 0 bridgehead atoms. The zero-order valence-corrected chi connectivity index (χ0v) is 21.0. The van der Waals surface area contributed by atoms with Crippen molar-refractivity contribution in [1.29, 1.82) is 0 Å². The van der Waals surface area contributed by atoms with E-state index in [4.69, 9.17) is 24.4 Å². The summed E-state index contributed by atoms with van der Waals surface area (Å²) in [6.45, 7) is 0. The lowest BCUT2D eigenvalue weighted by molar-refractivity contribution is 0.416. The topological polar surface area (TPSA) is 81.2 Å². The minimum atomic E-state index is 0.539. The van der Waals surface area contributed by atoms with E-state index in [9.17, 15) is 0 Å².